The van der Waals surface area contributed by atoms with Crippen LogP contribution in [-0.2, 0) is 11.3 Å². The second-order valence-electron chi connectivity index (χ2n) is 8.74. The molecule has 2 heterocycles. The molecule has 0 radical (unpaired) electrons. The Morgan fingerprint density at radius 1 is 1.00 bits per heavy atom. The SMILES string of the molecule is CCN(CC)C(=O)c1cn(C[C@@H]2CCCO2)cc(C(=O)NC2CCCCCCC2)c1=O. The third-order valence-corrected chi connectivity index (χ3v) is 6.48. The molecule has 1 saturated heterocycles. The van der Waals surface area contributed by atoms with Crippen molar-refractivity contribution in [1.82, 2.24) is 14.8 Å². The number of carbonyl (C=O) groups is 2. The van der Waals surface area contributed by atoms with E-state index in [0.29, 0.717) is 19.6 Å². The predicted octanol–water partition coefficient (Wildman–Crippen LogP) is 3.35. The van der Waals surface area contributed by atoms with E-state index in [1.54, 1.807) is 21.9 Å². The van der Waals surface area contributed by atoms with Crippen molar-refractivity contribution in [2.24, 2.45) is 0 Å². The molecule has 1 aromatic rings. The molecular formula is C24H37N3O4. The number of pyridine rings is 1. The van der Waals surface area contributed by atoms with E-state index in [-0.39, 0.29) is 35.1 Å². The Balaban J connectivity index is 1.88. The van der Waals surface area contributed by atoms with Gasteiger partial charge in [-0.2, -0.15) is 0 Å². The molecule has 1 aromatic heterocycles. The van der Waals surface area contributed by atoms with Crippen molar-refractivity contribution in [2.75, 3.05) is 19.7 Å². The topological polar surface area (TPSA) is 80.6 Å². The minimum Gasteiger partial charge on any atom is -0.376 e. The predicted molar refractivity (Wildman–Crippen MR) is 121 cm³/mol. The number of aromatic nitrogens is 1. The number of nitrogens with zero attached hydrogens (tertiary/aromatic N) is 2. The van der Waals surface area contributed by atoms with E-state index in [4.69, 9.17) is 4.74 Å². The Morgan fingerprint density at radius 2 is 1.65 bits per heavy atom. The van der Waals surface area contributed by atoms with E-state index < -0.39 is 5.43 Å². The molecule has 0 aromatic carbocycles. The highest BCUT2D eigenvalue weighted by atomic mass is 16.5. The third-order valence-electron chi connectivity index (χ3n) is 6.48. The van der Waals surface area contributed by atoms with Gasteiger partial charge in [0.2, 0.25) is 5.43 Å². The van der Waals surface area contributed by atoms with Gasteiger partial charge in [0, 0.05) is 44.7 Å². The third kappa shape index (κ3) is 6.19. The van der Waals surface area contributed by atoms with Gasteiger partial charge in [0.05, 0.1) is 6.10 Å². The summed E-state index contributed by atoms with van der Waals surface area (Å²) in [7, 11) is 0. The first-order valence-electron chi connectivity index (χ1n) is 12.0. The number of rotatable bonds is 7. The van der Waals surface area contributed by atoms with Gasteiger partial charge >= 0.3 is 0 Å². The molecule has 2 aliphatic rings. The molecule has 7 heteroatoms. The van der Waals surface area contributed by atoms with Crippen LogP contribution in [0.1, 0.15) is 92.4 Å². The summed E-state index contributed by atoms with van der Waals surface area (Å²) in [5.41, 5.74) is -0.367. The molecule has 2 amide bonds. The number of hydrogen-bond acceptors (Lipinski definition) is 4. The summed E-state index contributed by atoms with van der Waals surface area (Å²) < 4.78 is 7.52. The highest BCUT2D eigenvalue weighted by molar-refractivity contribution is 5.99. The second kappa shape index (κ2) is 11.5. The van der Waals surface area contributed by atoms with Gasteiger partial charge in [-0.1, -0.05) is 32.1 Å². The Kier molecular flexibility index (Phi) is 8.69. The van der Waals surface area contributed by atoms with E-state index in [1.807, 2.05) is 13.8 Å². The Bertz CT molecular complexity index is 802. The first-order valence-corrected chi connectivity index (χ1v) is 12.0. The van der Waals surface area contributed by atoms with Crippen LogP contribution in [0.5, 0.6) is 0 Å². The summed E-state index contributed by atoms with van der Waals surface area (Å²) in [4.78, 5) is 40.9. The molecule has 3 rings (SSSR count). The van der Waals surface area contributed by atoms with Gasteiger partial charge in [-0.05, 0) is 39.5 Å². The summed E-state index contributed by atoms with van der Waals surface area (Å²) in [6.07, 6.45) is 12.9. The average molecular weight is 432 g/mol. The monoisotopic (exact) mass is 431 g/mol. The number of ether oxygens (including phenoxy) is 1. The van der Waals surface area contributed by atoms with Crippen LogP contribution < -0.4 is 10.7 Å². The van der Waals surface area contributed by atoms with Gasteiger partial charge in [0.25, 0.3) is 11.8 Å². The second-order valence-corrected chi connectivity index (χ2v) is 8.74. The minimum absolute atomic E-state index is 0.0421. The summed E-state index contributed by atoms with van der Waals surface area (Å²) in [5, 5.41) is 3.08. The van der Waals surface area contributed by atoms with Crippen LogP contribution in [0.15, 0.2) is 17.2 Å². The van der Waals surface area contributed by atoms with Gasteiger partial charge in [0.1, 0.15) is 11.1 Å². The number of nitrogens with one attached hydrogen (secondary N) is 1. The van der Waals surface area contributed by atoms with E-state index in [2.05, 4.69) is 5.32 Å². The quantitative estimate of drug-likeness (QED) is 0.718. The largest absolute Gasteiger partial charge is 0.376 e. The van der Waals surface area contributed by atoms with Crippen molar-refractivity contribution < 1.29 is 14.3 Å². The highest BCUT2D eigenvalue weighted by Gasteiger charge is 2.25. The fourth-order valence-corrected chi connectivity index (χ4v) is 4.62. The fourth-order valence-electron chi connectivity index (χ4n) is 4.62. The van der Waals surface area contributed by atoms with E-state index in [9.17, 15) is 14.4 Å². The van der Waals surface area contributed by atoms with E-state index >= 15 is 0 Å². The van der Waals surface area contributed by atoms with Crippen LogP contribution >= 0.6 is 0 Å². The zero-order chi connectivity index (χ0) is 22.2. The zero-order valence-corrected chi connectivity index (χ0v) is 19.0. The maximum atomic E-state index is 13.2. The van der Waals surface area contributed by atoms with Crippen molar-refractivity contribution in [1.29, 1.82) is 0 Å². The fraction of sp³-hybridized carbons (Fsp3) is 0.708. The zero-order valence-electron chi connectivity index (χ0n) is 19.0. The van der Waals surface area contributed by atoms with Gasteiger partial charge in [-0.3, -0.25) is 14.4 Å². The molecule has 0 spiro atoms. The molecule has 2 fully saturated rings. The molecule has 1 aliphatic carbocycles. The van der Waals surface area contributed by atoms with Gasteiger partial charge in [0.15, 0.2) is 0 Å². The standard InChI is InChI=1S/C24H37N3O4/c1-3-27(4-2)24(30)21-17-26(15-19-13-10-14-31-19)16-20(22(21)28)23(29)25-18-11-8-6-5-7-9-12-18/h16-19H,3-15H2,1-2H3,(H,25,29)/t19-/m0/s1. The van der Waals surface area contributed by atoms with Crippen molar-refractivity contribution >= 4 is 11.8 Å². The summed E-state index contributed by atoms with van der Waals surface area (Å²) in [5.74, 6) is -0.692. The minimum atomic E-state index is -0.483. The molecule has 172 valence electrons. The maximum absolute atomic E-state index is 13.2. The number of hydrogen-bond donors (Lipinski definition) is 1. The molecule has 0 unspecified atom stereocenters. The van der Waals surface area contributed by atoms with Gasteiger partial charge in [-0.15, -0.1) is 0 Å². The molecule has 1 aliphatic heterocycles. The maximum Gasteiger partial charge on any atom is 0.259 e. The average Bonchev–Trinajstić information content (AvgIpc) is 3.24. The smallest absolute Gasteiger partial charge is 0.259 e. The van der Waals surface area contributed by atoms with Crippen LogP contribution in [0.4, 0.5) is 0 Å². The lowest BCUT2D eigenvalue weighted by Gasteiger charge is -2.22. The van der Waals surface area contributed by atoms with Crippen molar-refractivity contribution in [2.45, 2.75) is 90.3 Å². The summed E-state index contributed by atoms with van der Waals surface area (Å²) >= 11 is 0. The Labute approximate surface area is 185 Å². The van der Waals surface area contributed by atoms with Crippen LogP contribution in [0.2, 0.25) is 0 Å². The first-order chi connectivity index (χ1) is 15.0. The lowest BCUT2D eigenvalue weighted by Crippen LogP contribution is -2.41. The first kappa shape index (κ1) is 23.5. The van der Waals surface area contributed by atoms with Crippen LogP contribution in [0, 0.1) is 0 Å². The number of carbonyl (C=O) groups excluding carboxylic acids is 2. The lowest BCUT2D eigenvalue weighted by atomic mass is 9.96. The molecule has 1 N–H and O–H groups in total. The van der Waals surface area contributed by atoms with Crippen molar-refractivity contribution in [3.8, 4) is 0 Å². The highest BCUT2D eigenvalue weighted by Crippen LogP contribution is 2.18. The molecular weight excluding hydrogens is 394 g/mol. The number of amides is 2. The van der Waals surface area contributed by atoms with Crippen LogP contribution in [-0.4, -0.2) is 53.1 Å². The van der Waals surface area contributed by atoms with Crippen molar-refractivity contribution in [3.63, 3.8) is 0 Å². The molecule has 7 nitrogen and oxygen atoms in total. The molecule has 1 atom stereocenters. The van der Waals surface area contributed by atoms with E-state index in [0.717, 1.165) is 45.1 Å². The van der Waals surface area contributed by atoms with Gasteiger partial charge in [-0.25, -0.2) is 0 Å². The van der Waals surface area contributed by atoms with Crippen LogP contribution in [0.25, 0.3) is 0 Å². The Hall–Kier alpha value is -2.15. The molecule has 0 bridgehead atoms. The Morgan fingerprint density at radius 3 is 2.26 bits per heavy atom. The summed E-state index contributed by atoms with van der Waals surface area (Å²) in [6.45, 7) is 6.06. The van der Waals surface area contributed by atoms with Crippen LogP contribution in [0.3, 0.4) is 0 Å². The summed E-state index contributed by atoms with van der Waals surface area (Å²) in [6, 6.07) is 0.0842. The lowest BCUT2D eigenvalue weighted by molar-refractivity contribution is 0.0767. The molecule has 1 saturated carbocycles. The molecule has 31 heavy (non-hydrogen) atoms. The van der Waals surface area contributed by atoms with E-state index in [1.165, 1.54) is 19.3 Å². The van der Waals surface area contributed by atoms with Gasteiger partial charge < -0.3 is 19.5 Å². The van der Waals surface area contributed by atoms with Crippen molar-refractivity contribution in [3.05, 3.63) is 33.7 Å². The normalized spacial score (nSPS) is 20.1.